The first-order valence-electron chi connectivity index (χ1n) is 9.21. The SMILES string of the molecule is COC(=O)c1cc(Nc2ncc(C)c(NC3CCC(C)CC3)n2)ccc1Br. The Labute approximate surface area is 168 Å². The summed E-state index contributed by atoms with van der Waals surface area (Å²) in [5.74, 6) is 1.76. The molecular weight excluding hydrogens is 408 g/mol. The summed E-state index contributed by atoms with van der Waals surface area (Å²) >= 11 is 3.37. The molecule has 1 heterocycles. The molecule has 1 saturated carbocycles. The van der Waals surface area contributed by atoms with E-state index < -0.39 is 5.97 Å². The highest BCUT2D eigenvalue weighted by Crippen LogP contribution is 2.27. The summed E-state index contributed by atoms with van der Waals surface area (Å²) in [7, 11) is 1.36. The third kappa shape index (κ3) is 4.97. The predicted molar refractivity (Wildman–Crippen MR) is 111 cm³/mol. The van der Waals surface area contributed by atoms with Crippen LogP contribution in [0.2, 0.25) is 0 Å². The molecule has 3 rings (SSSR count). The summed E-state index contributed by atoms with van der Waals surface area (Å²) in [6.07, 6.45) is 6.65. The molecule has 2 N–H and O–H groups in total. The van der Waals surface area contributed by atoms with Crippen LogP contribution in [0, 0.1) is 12.8 Å². The van der Waals surface area contributed by atoms with Gasteiger partial charge in [0.1, 0.15) is 5.82 Å². The van der Waals surface area contributed by atoms with Crippen LogP contribution in [0.25, 0.3) is 0 Å². The maximum Gasteiger partial charge on any atom is 0.339 e. The Bertz CT molecular complexity index is 820. The molecule has 1 aromatic carbocycles. The Hall–Kier alpha value is -2.15. The average molecular weight is 433 g/mol. The van der Waals surface area contributed by atoms with E-state index in [1.807, 2.05) is 19.2 Å². The van der Waals surface area contributed by atoms with Crippen molar-refractivity contribution in [3.63, 3.8) is 0 Å². The van der Waals surface area contributed by atoms with Gasteiger partial charge in [-0.15, -0.1) is 0 Å². The molecule has 1 aliphatic rings. The fourth-order valence-electron chi connectivity index (χ4n) is 3.24. The highest BCUT2D eigenvalue weighted by Gasteiger charge is 2.19. The fraction of sp³-hybridized carbons (Fsp3) is 0.450. The summed E-state index contributed by atoms with van der Waals surface area (Å²) in [4.78, 5) is 20.9. The van der Waals surface area contributed by atoms with Gasteiger partial charge in [0.2, 0.25) is 5.95 Å². The molecule has 7 heteroatoms. The van der Waals surface area contributed by atoms with Gasteiger partial charge in [-0.3, -0.25) is 0 Å². The zero-order valence-electron chi connectivity index (χ0n) is 15.9. The van der Waals surface area contributed by atoms with E-state index in [1.54, 1.807) is 12.1 Å². The van der Waals surface area contributed by atoms with Crippen molar-refractivity contribution >= 4 is 39.4 Å². The van der Waals surface area contributed by atoms with Crippen LogP contribution in [0.15, 0.2) is 28.9 Å². The molecule has 1 fully saturated rings. The number of esters is 1. The van der Waals surface area contributed by atoms with Crippen LogP contribution in [-0.2, 0) is 4.74 Å². The van der Waals surface area contributed by atoms with E-state index in [2.05, 4.69) is 43.5 Å². The zero-order chi connectivity index (χ0) is 19.4. The van der Waals surface area contributed by atoms with Gasteiger partial charge >= 0.3 is 5.97 Å². The molecule has 0 spiro atoms. The number of nitrogens with one attached hydrogen (secondary N) is 2. The van der Waals surface area contributed by atoms with Gasteiger partial charge in [-0.1, -0.05) is 6.92 Å². The van der Waals surface area contributed by atoms with Crippen molar-refractivity contribution in [2.75, 3.05) is 17.7 Å². The van der Waals surface area contributed by atoms with E-state index in [4.69, 9.17) is 4.74 Å². The lowest BCUT2D eigenvalue weighted by atomic mass is 9.87. The van der Waals surface area contributed by atoms with Crippen LogP contribution >= 0.6 is 15.9 Å². The minimum atomic E-state index is -0.399. The Morgan fingerprint density at radius 2 is 2.00 bits per heavy atom. The summed E-state index contributed by atoms with van der Waals surface area (Å²) in [6, 6.07) is 5.83. The lowest BCUT2D eigenvalue weighted by Gasteiger charge is -2.27. The molecular formula is C20H25BrN4O2. The highest BCUT2D eigenvalue weighted by molar-refractivity contribution is 9.10. The molecule has 2 aromatic rings. The number of carbonyl (C=O) groups is 1. The molecule has 0 bridgehead atoms. The van der Waals surface area contributed by atoms with Gasteiger partial charge in [0.05, 0.1) is 12.7 Å². The average Bonchev–Trinajstić information content (AvgIpc) is 2.67. The number of anilines is 3. The van der Waals surface area contributed by atoms with Crippen molar-refractivity contribution in [1.29, 1.82) is 0 Å². The number of hydrogen-bond acceptors (Lipinski definition) is 6. The number of aryl methyl sites for hydroxylation is 1. The molecule has 27 heavy (non-hydrogen) atoms. The molecule has 1 aromatic heterocycles. The summed E-state index contributed by atoms with van der Waals surface area (Å²) in [6.45, 7) is 4.32. The van der Waals surface area contributed by atoms with E-state index >= 15 is 0 Å². The van der Waals surface area contributed by atoms with Gasteiger partial charge < -0.3 is 15.4 Å². The van der Waals surface area contributed by atoms with Gasteiger partial charge in [0.25, 0.3) is 0 Å². The first-order valence-corrected chi connectivity index (χ1v) is 10.0. The fourth-order valence-corrected chi connectivity index (χ4v) is 3.65. The second-order valence-corrected chi connectivity index (χ2v) is 7.99. The lowest BCUT2D eigenvalue weighted by molar-refractivity contribution is 0.0599. The molecule has 144 valence electrons. The number of nitrogens with zero attached hydrogens (tertiary/aromatic N) is 2. The Morgan fingerprint density at radius 1 is 1.26 bits per heavy atom. The highest BCUT2D eigenvalue weighted by atomic mass is 79.9. The largest absolute Gasteiger partial charge is 0.465 e. The number of rotatable bonds is 5. The van der Waals surface area contributed by atoms with E-state index in [-0.39, 0.29) is 0 Å². The lowest BCUT2D eigenvalue weighted by Crippen LogP contribution is -2.26. The smallest absolute Gasteiger partial charge is 0.339 e. The number of methoxy groups -OCH3 is 1. The molecule has 0 unspecified atom stereocenters. The van der Waals surface area contributed by atoms with Crippen molar-refractivity contribution in [2.45, 2.75) is 45.6 Å². The van der Waals surface area contributed by atoms with Crippen molar-refractivity contribution < 1.29 is 9.53 Å². The summed E-state index contributed by atoms with van der Waals surface area (Å²) < 4.78 is 5.49. The zero-order valence-corrected chi connectivity index (χ0v) is 17.5. The van der Waals surface area contributed by atoms with E-state index in [0.29, 0.717) is 22.0 Å². The van der Waals surface area contributed by atoms with Gasteiger partial charge in [-0.25, -0.2) is 9.78 Å². The number of aromatic nitrogens is 2. The number of halogens is 1. The van der Waals surface area contributed by atoms with Gasteiger partial charge in [0.15, 0.2) is 0 Å². The normalized spacial score (nSPS) is 19.4. The van der Waals surface area contributed by atoms with Crippen LogP contribution in [0.1, 0.15) is 48.5 Å². The van der Waals surface area contributed by atoms with Crippen LogP contribution in [0.4, 0.5) is 17.5 Å². The monoisotopic (exact) mass is 432 g/mol. The van der Waals surface area contributed by atoms with Crippen LogP contribution in [0.3, 0.4) is 0 Å². The molecule has 0 atom stereocenters. The number of ether oxygens (including phenoxy) is 1. The minimum absolute atomic E-state index is 0.399. The van der Waals surface area contributed by atoms with Crippen molar-refractivity contribution in [2.24, 2.45) is 5.92 Å². The quantitative estimate of drug-likeness (QED) is 0.642. The van der Waals surface area contributed by atoms with Gasteiger partial charge in [-0.2, -0.15) is 4.98 Å². The van der Waals surface area contributed by atoms with Crippen LogP contribution < -0.4 is 10.6 Å². The Morgan fingerprint density at radius 3 is 2.70 bits per heavy atom. The third-order valence-electron chi connectivity index (χ3n) is 4.96. The number of carbonyl (C=O) groups excluding carboxylic acids is 1. The molecule has 0 amide bonds. The molecule has 1 aliphatic carbocycles. The van der Waals surface area contributed by atoms with E-state index in [9.17, 15) is 4.79 Å². The van der Waals surface area contributed by atoms with Crippen molar-refractivity contribution in [3.05, 3.63) is 40.0 Å². The Balaban J connectivity index is 1.75. The molecule has 6 nitrogen and oxygen atoms in total. The van der Waals surface area contributed by atoms with Gasteiger partial charge in [0, 0.05) is 28.0 Å². The minimum Gasteiger partial charge on any atom is -0.465 e. The van der Waals surface area contributed by atoms with E-state index in [1.165, 1.54) is 32.8 Å². The summed E-state index contributed by atoms with van der Waals surface area (Å²) in [5.41, 5.74) is 2.19. The Kier molecular flexibility index (Phi) is 6.31. The first kappa shape index (κ1) is 19.6. The van der Waals surface area contributed by atoms with Crippen molar-refractivity contribution in [1.82, 2.24) is 9.97 Å². The van der Waals surface area contributed by atoms with Crippen LogP contribution in [-0.4, -0.2) is 29.1 Å². The third-order valence-corrected chi connectivity index (χ3v) is 5.65. The van der Waals surface area contributed by atoms with Gasteiger partial charge in [-0.05, 0) is 72.7 Å². The molecule has 0 radical (unpaired) electrons. The van der Waals surface area contributed by atoms with Crippen molar-refractivity contribution in [3.8, 4) is 0 Å². The van der Waals surface area contributed by atoms with E-state index in [0.717, 1.165) is 23.0 Å². The number of benzene rings is 1. The predicted octanol–water partition coefficient (Wildman–Crippen LogP) is 5.07. The maximum absolute atomic E-state index is 11.9. The van der Waals surface area contributed by atoms with Crippen LogP contribution in [0.5, 0.6) is 0 Å². The summed E-state index contributed by atoms with van der Waals surface area (Å²) in [5, 5.41) is 6.74. The molecule has 0 aliphatic heterocycles. The first-order chi connectivity index (χ1) is 13.0. The number of hydrogen-bond donors (Lipinski definition) is 2. The second kappa shape index (κ2) is 8.69. The standard InChI is InChI=1S/C20H25BrN4O2/c1-12-4-6-14(7-5-12)23-18-13(2)11-22-20(25-18)24-15-8-9-17(21)16(10-15)19(26)27-3/h8-12,14H,4-7H2,1-3H3,(H2,22,23,24,25). The second-order valence-electron chi connectivity index (χ2n) is 7.14. The molecule has 0 saturated heterocycles. The maximum atomic E-state index is 11.9. The topological polar surface area (TPSA) is 76.1 Å².